The molecule has 0 bridgehead atoms. The van der Waals surface area contributed by atoms with Crippen LogP contribution in [0.5, 0.6) is 0 Å². The van der Waals surface area contributed by atoms with Crippen molar-refractivity contribution < 1.29 is 45.0 Å². The molecule has 0 N–H and O–H groups in total. The molecule has 19 heavy (non-hydrogen) atoms. The summed E-state index contributed by atoms with van der Waals surface area (Å²) in [7, 11) is 0. The van der Waals surface area contributed by atoms with Gasteiger partial charge in [0.05, 0.1) is 11.6 Å². The van der Waals surface area contributed by atoms with Gasteiger partial charge in [0.2, 0.25) is 0 Å². The fourth-order valence-electron chi connectivity index (χ4n) is 0.513. The fraction of sp³-hybridized carbons (Fsp3) is 0. The Morgan fingerprint density at radius 1 is 0.684 bits per heavy atom. The van der Waals surface area contributed by atoms with Crippen LogP contribution in [0.15, 0.2) is 30.3 Å². The number of nitriles is 1. The van der Waals surface area contributed by atoms with Crippen LogP contribution in [0.25, 0.3) is 0 Å². The zero-order chi connectivity index (χ0) is 15.8. The molecule has 1 rings (SSSR count). The third kappa shape index (κ3) is 49.6. The summed E-state index contributed by atoms with van der Waals surface area (Å²) >= 11 is 0. The van der Waals surface area contributed by atoms with Crippen molar-refractivity contribution in [2.45, 2.75) is 0 Å². The topological polar surface area (TPSA) is 109 Å². The molecule has 0 aliphatic heterocycles. The van der Waals surface area contributed by atoms with E-state index in [4.69, 9.17) is 29.2 Å². The van der Waals surface area contributed by atoms with Gasteiger partial charge in [-0.25, -0.2) is 0 Å². The number of rotatable bonds is 0. The van der Waals surface area contributed by atoms with Gasteiger partial charge >= 0.3 is 0 Å². The average molecular weight is 437 g/mol. The van der Waals surface area contributed by atoms with E-state index in [1.807, 2.05) is 58.2 Å². The van der Waals surface area contributed by atoms with Crippen LogP contribution in [0.1, 0.15) is 5.56 Å². The van der Waals surface area contributed by atoms with E-state index >= 15 is 0 Å². The maximum absolute atomic E-state index is 8.29. The summed E-state index contributed by atoms with van der Waals surface area (Å²) in [5.41, 5.74) is 0.715. The zero-order valence-electron chi connectivity index (χ0n) is 10.3. The maximum atomic E-state index is 8.29. The van der Waals surface area contributed by atoms with Crippen molar-refractivity contribution in [2.75, 3.05) is 0 Å². The van der Waals surface area contributed by atoms with Crippen molar-refractivity contribution in [2.24, 2.45) is 0 Å². The second-order valence-electron chi connectivity index (χ2n) is 1.48. The first-order valence-electron chi connectivity index (χ1n) is 3.83. The molecule has 0 amide bonds. The Bertz CT molecular complexity index is 268. The second-order valence-corrected chi connectivity index (χ2v) is 1.48. The predicted molar refractivity (Wildman–Crippen MR) is 66.8 cm³/mol. The van der Waals surface area contributed by atoms with E-state index in [9.17, 15) is 0 Å². The van der Waals surface area contributed by atoms with Gasteiger partial charge in [0.1, 0.15) is 33.9 Å². The van der Waals surface area contributed by atoms with Crippen LogP contribution in [0, 0.1) is 11.3 Å². The molecule has 6 nitrogen and oxygen atoms in total. The molecule has 0 atom stereocenters. The van der Waals surface area contributed by atoms with Gasteiger partial charge in [-0.15, -0.1) is 0 Å². The molecule has 0 heterocycles. The van der Waals surface area contributed by atoms with Crippen molar-refractivity contribution in [1.82, 2.24) is 0 Å². The number of benzene rings is 1. The van der Waals surface area contributed by atoms with Gasteiger partial charge < -0.3 is 24.0 Å². The van der Waals surface area contributed by atoms with Crippen LogP contribution in [0.3, 0.4) is 0 Å². The van der Waals surface area contributed by atoms with E-state index in [0.717, 1.165) is 0 Å². The van der Waals surface area contributed by atoms with Crippen molar-refractivity contribution in [3.05, 3.63) is 35.9 Å². The monoisotopic (exact) mass is 437 g/mol. The first-order valence-corrected chi connectivity index (χ1v) is 3.83. The summed E-state index contributed by atoms with van der Waals surface area (Å²) in [5, 5.41) is 8.29. The minimum absolute atomic E-state index is 0. The van der Waals surface area contributed by atoms with Gasteiger partial charge in [0.25, 0.3) is 0 Å². The summed E-state index contributed by atoms with van der Waals surface area (Å²) in [5.74, 6) is 0. The Balaban J connectivity index is -0.0000000332. The maximum Gasteiger partial charge on any atom is 0.106 e. The molecule has 7 heteroatoms. The minimum atomic E-state index is 0. The SMILES string of the molecule is C=O.C=O.C=O.C=O.C=O.N#Cc1ccccc1.[W]. The molecule has 0 aliphatic carbocycles. The Hall–Kier alpha value is -2.25. The van der Waals surface area contributed by atoms with Gasteiger partial charge in [-0.2, -0.15) is 5.26 Å². The van der Waals surface area contributed by atoms with Crippen molar-refractivity contribution >= 4 is 33.9 Å². The molecule has 0 unspecified atom stereocenters. The Morgan fingerprint density at radius 3 is 1.11 bits per heavy atom. The molecule has 0 saturated heterocycles. The molecular formula is C12H15NO5W. The smallest absolute Gasteiger partial charge is 0.106 e. The normalized spacial score (nSPS) is 4.37. The number of carbonyl (C=O) groups excluding carboxylic acids is 5. The van der Waals surface area contributed by atoms with E-state index < -0.39 is 0 Å². The number of carbonyl (C=O) groups is 5. The quantitative estimate of drug-likeness (QED) is 0.590. The molecular weight excluding hydrogens is 422 g/mol. The average Bonchev–Trinajstić information content (AvgIpc) is 2.57. The van der Waals surface area contributed by atoms with Gasteiger partial charge in [-0.05, 0) is 12.1 Å². The summed E-state index contributed by atoms with van der Waals surface area (Å²) in [4.78, 5) is 40.0. The first kappa shape index (κ1) is 36.0. The van der Waals surface area contributed by atoms with Crippen molar-refractivity contribution in [1.29, 1.82) is 5.26 Å². The minimum Gasteiger partial charge on any atom is -0.307 e. The Morgan fingerprint density at radius 2 is 0.947 bits per heavy atom. The Kier molecular flexibility index (Phi) is 142. The summed E-state index contributed by atoms with van der Waals surface area (Å²) in [6.45, 7) is 10.0. The van der Waals surface area contributed by atoms with Gasteiger partial charge in [0, 0.05) is 21.1 Å². The van der Waals surface area contributed by atoms with Crippen LogP contribution in [0.2, 0.25) is 0 Å². The standard InChI is InChI=1S/C7H5N.5CH2O.W/c8-6-7-4-2-1-3-5-7;5*1-2;/h1-5H;5*1H2;. The van der Waals surface area contributed by atoms with E-state index in [0.29, 0.717) is 5.56 Å². The van der Waals surface area contributed by atoms with Crippen LogP contribution in [-0.4, -0.2) is 33.9 Å². The number of hydrogen-bond donors (Lipinski definition) is 0. The molecule has 0 aliphatic rings. The van der Waals surface area contributed by atoms with Crippen LogP contribution >= 0.6 is 0 Å². The van der Waals surface area contributed by atoms with Gasteiger partial charge in [-0.1, -0.05) is 18.2 Å². The zero-order valence-corrected chi connectivity index (χ0v) is 13.3. The van der Waals surface area contributed by atoms with Gasteiger partial charge in [0.15, 0.2) is 0 Å². The van der Waals surface area contributed by atoms with E-state index in [2.05, 4.69) is 0 Å². The molecule has 0 saturated carbocycles. The summed E-state index contributed by atoms with van der Waals surface area (Å²) < 4.78 is 0. The van der Waals surface area contributed by atoms with Crippen LogP contribution in [-0.2, 0) is 45.0 Å². The fourth-order valence-corrected chi connectivity index (χ4v) is 0.513. The summed E-state index contributed by atoms with van der Waals surface area (Å²) in [6, 6.07) is 11.2. The Labute approximate surface area is 126 Å². The first-order chi connectivity index (χ1) is 8.93. The molecule has 1 aromatic rings. The molecule has 0 aromatic heterocycles. The van der Waals surface area contributed by atoms with Crippen molar-refractivity contribution in [3.63, 3.8) is 0 Å². The molecule has 0 fully saturated rings. The third-order valence-corrected chi connectivity index (χ3v) is 0.903. The third-order valence-electron chi connectivity index (χ3n) is 0.903. The van der Waals surface area contributed by atoms with Crippen LogP contribution in [0.4, 0.5) is 0 Å². The molecule has 0 spiro atoms. The molecule has 0 radical (unpaired) electrons. The van der Waals surface area contributed by atoms with Crippen LogP contribution < -0.4 is 0 Å². The number of nitrogens with zero attached hydrogens (tertiary/aromatic N) is 1. The predicted octanol–water partition coefficient (Wildman–Crippen LogP) is 0.631. The van der Waals surface area contributed by atoms with E-state index in [-0.39, 0.29) is 21.1 Å². The summed E-state index contributed by atoms with van der Waals surface area (Å²) in [6.07, 6.45) is 0. The van der Waals surface area contributed by atoms with Crippen molar-refractivity contribution in [3.8, 4) is 6.07 Å². The molecule has 1 aromatic carbocycles. The number of hydrogen-bond acceptors (Lipinski definition) is 6. The largest absolute Gasteiger partial charge is 0.307 e. The van der Waals surface area contributed by atoms with Gasteiger partial charge in [-0.3, -0.25) is 0 Å². The van der Waals surface area contributed by atoms with E-state index in [1.165, 1.54) is 0 Å². The molecule has 104 valence electrons. The second kappa shape index (κ2) is 75.2. The van der Waals surface area contributed by atoms with E-state index in [1.54, 1.807) is 12.1 Å².